The van der Waals surface area contributed by atoms with Crippen molar-refractivity contribution < 1.29 is 57.3 Å². The lowest BCUT2D eigenvalue weighted by molar-refractivity contribution is -0.0615. The molecule has 27 heteroatoms. The van der Waals surface area contributed by atoms with Crippen LogP contribution in [0.25, 0.3) is 0 Å². The molecule has 0 aliphatic carbocycles. The Morgan fingerprint density at radius 2 is 1.35 bits per heavy atom. The molecule has 10 atom stereocenters. The topological polar surface area (TPSA) is 334 Å². The van der Waals surface area contributed by atoms with Crippen LogP contribution in [0.1, 0.15) is 35.0 Å². The molecule has 0 aromatic carbocycles. The zero-order valence-electron chi connectivity index (χ0n) is 28.7. The van der Waals surface area contributed by atoms with Gasteiger partial charge in [-0.1, -0.05) is 0 Å². The van der Waals surface area contributed by atoms with Crippen molar-refractivity contribution in [3.8, 4) is 0 Å². The number of hydrogen-bond donors (Lipinski definition) is 7. The van der Waals surface area contributed by atoms with Crippen LogP contribution >= 0.6 is 26.0 Å². The summed E-state index contributed by atoms with van der Waals surface area (Å²) in [6, 6.07) is 1.83. The van der Waals surface area contributed by atoms with Gasteiger partial charge in [0.15, 0.2) is 12.5 Å². The molecule has 24 nitrogen and oxygen atoms in total. The van der Waals surface area contributed by atoms with Crippen LogP contribution in [0.4, 0.5) is 0 Å². The number of aromatic amines is 2. The van der Waals surface area contributed by atoms with E-state index < -0.39 is 116 Å². The SMILES string of the molecule is Cc1c(C)n2c(CSP(=O)(O)O[C@@H]3[C@H](OP(=O)(O)OC[C@H]4O[C@@H](n5ccc(=O)[nH]c5=O)[C@H](O)[C@@H]4O)[C@@H](CO)O[C@H]3n3ccc(=O)[nH]c3=O)c(C)c(=O)n2c1=O. The van der Waals surface area contributed by atoms with Crippen molar-refractivity contribution in [2.45, 2.75) is 75.6 Å². The third-order valence-electron chi connectivity index (χ3n) is 9.10. The third-order valence-corrected chi connectivity index (χ3v) is 13.0. The zero-order valence-corrected chi connectivity index (χ0v) is 31.3. The number of ether oxygens (including phenoxy) is 2. The molecule has 0 saturated carbocycles. The van der Waals surface area contributed by atoms with E-state index in [9.17, 15) is 63.0 Å². The van der Waals surface area contributed by atoms with Crippen LogP contribution < -0.4 is 33.6 Å². The van der Waals surface area contributed by atoms with Crippen LogP contribution in [0.2, 0.25) is 0 Å². The van der Waals surface area contributed by atoms with Crippen LogP contribution in [-0.4, -0.2) is 103 Å². The largest absolute Gasteiger partial charge is 0.472 e. The maximum absolute atomic E-state index is 13.7. The summed E-state index contributed by atoms with van der Waals surface area (Å²) in [4.78, 5) is 99.5. The Balaban J connectivity index is 1.25. The summed E-state index contributed by atoms with van der Waals surface area (Å²) in [7, 11) is -5.40. The molecule has 2 aliphatic rings. The van der Waals surface area contributed by atoms with Gasteiger partial charge in [0.25, 0.3) is 22.2 Å². The highest BCUT2D eigenvalue weighted by Crippen LogP contribution is 2.61. The van der Waals surface area contributed by atoms with E-state index in [1.165, 1.54) is 18.4 Å². The van der Waals surface area contributed by atoms with Crippen molar-refractivity contribution in [2.24, 2.45) is 0 Å². The fourth-order valence-electron chi connectivity index (χ4n) is 6.18. The van der Waals surface area contributed by atoms with Crippen molar-refractivity contribution in [1.29, 1.82) is 0 Å². The van der Waals surface area contributed by atoms with Crippen LogP contribution in [0.15, 0.2) is 53.3 Å². The molecule has 2 aliphatic heterocycles. The average Bonchev–Trinajstić information content (AvgIpc) is 3.74. The Morgan fingerprint density at radius 1 is 0.782 bits per heavy atom. The van der Waals surface area contributed by atoms with Crippen LogP contribution in [0.3, 0.4) is 0 Å². The normalized spacial score (nSPS) is 27.8. The van der Waals surface area contributed by atoms with Gasteiger partial charge >= 0.3 is 26.0 Å². The minimum atomic E-state index is -5.40. The summed E-state index contributed by atoms with van der Waals surface area (Å²) in [5.74, 6) is -0.394. The number of phosphoric ester groups is 1. The molecule has 2 fully saturated rings. The monoisotopic (exact) mass is 836 g/mol. The first kappa shape index (κ1) is 40.8. The molecule has 300 valence electrons. The van der Waals surface area contributed by atoms with Gasteiger partial charge in [-0.05, 0) is 32.2 Å². The fraction of sp³-hybridized carbons (Fsp3) is 0.500. The number of aliphatic hydroxyl groups excluding tert-OH is 3. The number of H-pyrrole nitrogens is 2. The Kier molecular flexibility index (Phi) is 11.3. The third kappa shape index (κ3) is 7.81. The predicted octanol–water partition coefficient (Wildman–Crippen LogP) is -3.05. The van der Waals surface area contributed by atoms with Gasteiger partial charge in [0.2, 0.25) is 0 Å². The van der Waals surface area contributed by atoms with Crippen LogP contribution in [-0.2, 0) is 37.9 Å². The molecular weight excluding hydrogens is 802 g/mol. The highest BCUT2D eigenvalue weighted by atomic mass is 32.7. The Labute approximate surface area is 309 Å². The maximum atomic E-state index is 13.7. The van der Waals surface area contributed by atoms with Gasteiger partial charge in [-0.3, -0.25) is 56.4 Å². The molecule has 4 aromatic heterocycles. The van der Waals surface area contributed by atoms with E-state index in [4.69, 9.17) is 23.0 Å². The summed E-state index contributed by atoms with van der Waals surface area (Å²) in [6.45, 7) is -2.47. The lowest BCUT2D eigenvalue weighted by Crippen LogP contribution is -2.40. The van der Waals surface area contributed by atoms with Crippen LogP contribution in [0.5, 0.6) is 0 Å². The molecule has 0 amide bonds. The van der Waals surface area contributed by atoms with E-state index in [0.717, 1.165) is 33.6 Å². The van der Waals surface area contributed by atoms with E-state index in [-0.39, 0.29) is 28.2 Å². The molecule has 0 radical (unpaired) electrons. The zero-order chi connectivity index (χ0) is 40.3. The van der Waals surface area contributed by atoms with E-state index in [2.05, 4.69) is 0 Å². The second-order valence-corrected chi connectivity index (χ2v) is 17.8. The Hall–Kier alpha value is -3.81. The molecule has 2 saturated heterocycles. The molecule has 0 spiro atoms. The lowest BCUT2D eigenvalue weighted by Gasteiger charge is -2.27. The molecule has 2 unspecified atom stereocenters. The van der Waals surface area contributed by atoms with Gasteiger partial charge in [0, 0.05) is 47.1 Å². The number of phosphoric acid groups is 1. The molecule has 55 heavy (non-hydrogen) atoms. The van der Waals surface area contributed by atoms with Gasteiger partial charge in [-0.25, -0.2) is 18.7 Å². The first-order valence-corrected chi connectivity index (χ1v) is 20.7. The smallest absolute Gasteiger partial charge is 0.394 e. The summed E-state index contributed by atoms with van der Waals surface area (Å²) in [5, 5.41) is 31.2. The molecule has 6 heterocycles. The Morgan fingerprint density at radius 3 is 1.93 bits per heavy atom. The number of aryl methyl sites for hydroxylation is 1. The second kappa shape index (κ2) is 15.3. The summed E-state index contributed by atoms with van der Waals surface area (Å²) >= 11 is 0.265. The highest BCUT2D eigenvalue weighted by Gasteiger charge is 2.53. The van der Waals surface area contributed by atoms with Gasteiger partial charge in [0.05, 0.1) is 18.9 Å². The van der Waals surface area contributed by atoms with Gasteiger partial charge in [0.1, 0.15) is 36.6 Å². The number of rotatable bonds is 13. The van der Waals surface area contributed by atoms with Gasteiger partial charge in [-0.15, -0.1) is 0 Å². The van der Waals surface area contributed by atoms with Gasteiger partial charge < -0.3 is 34.6 Å². The first-order chi connectivity index (χ1) is 25.7. The van der Waals surface area contributed by atoms with E-state index in [1.807, 2.05) is 9.97 Å². The number of aromatic nitrogens is 6. The molecule has 7 N–H and O–H groups in total. The quantitative estimate of drug-likeness (QED) is 0.0658. The van der Waals surface area contributed by atoms with E-state index in [1.54, 1.807) is 6.92 Å². The second-order valence-electron chi connectivity index (χ2n) is 12.5. The standard InChI is InChI=1S/C28H34N6O18P2S/c1-11-13(3)33-14(12(2)24(41)34(33)23(11)40)10-55-54(46,47)52-22-21(15(8-35)49-26(22)32-7-5-18(37)30-28(32)43)51-53(44,45)48-9-16-19(38)20(39)25(50-16)31-6-4-17(36)29-27(31)42/h4-7,15-16,19-22,25-26,35,38-39H,8-10H2,1-3H3,(H,44,45)(H,46,47)(H,29,36,42)(H,30,37,43)/t15-,16-,19-,20-,21-,22-,25-,26-/m1/s1. The van der Waals surface area contributed by atoms with Crippen molar-refractivity contribution in [3.05, 3.63) is 109 Å². The minimum Gasteiger partial charge on any atom is -0.394 e. The number of nitrogens with one attached hydrogen (secondary N) is 2. The number of hydrogen-bond acceptors (Lipinski definition) is 17. The predicted molar refractivity (Wildman–Crippen MR) is 185 cm³/mol. The first-order valence-electron chi connectivity index (χ1n) is 16.0. The lowest BCUT2D eigenvalue weighted by atomic mass is 10.1. The molecule has 6 rings (SSSR count). The summed E-state index contributed by atoms with van der Waals surface area (Å²) < 4.78 is 57.6. The van der Waals surface area contributed by atoms with Crippen molar-refractivity contribution in [1.82, 2.24) is 28.1 Å². The molecule has 0 bridgehead atoms. The Bertz CT molecular complexity index is 2560. The number of nitrogens with zero attached hydrogens (tertiary/aromatic N) is 4. The minimum absolute atomic E-state index is 0.0930. The highest BCUT2D eigenvalue weighted by molar-refractivity contribution is 8.54. The molecular formula is C28H34N6O18P2S. The van der Waals surface area contributed by atoms with E-state index >= 15 is 0 Å². The molecule has 4 aromatic rings. The number of fused-ring (bicyclic) bond motifs is 1. The summed E-state index contributed by atoms with van der Waals surface area (Å²) in [5.41, 5.74) is -4.02. The van der Waals surface area contributed by atoms with E-state index in [0.29, 0.717) is 10.3 Å². The maximum Gasteiger partial charge on any atom is 0.472 e. The van der Waals surface area contributed by atoms with Crippen molar-refractivity contribution >= 4 is 26.0 Å². The van der Waals surface area contributed by atoms with Gasteiger partial charge in [-0.2, -0.15) is 4.52 Å². The van der Waals surface area contributed by atoms with Crippen molar-refractivity contribution in [3.63, 3.8) is 0 Å². The average molecular weight is 837 g/mol. The number of aliphatic hydroxyl groups is 3. The van der Waals surface area contributed by atoms with Crippen LogP contribution in [0, 0.1) is 20.8 Å². The van der Waals surface area contributed by atoms with Crippen molar-refractivity contribution in [2.75, 3.05) is 13.2 Å². The summed E-state index contributed by atoms with van der Waals surface area (Å²) in [6.07, 6.45) is -12.3. The fourth-order valence-corrected chi connectivity index (χ4v) is 9.69.